The number of furan rings is 1. The predicted molar refractivity (Wildman–Crippen MR) is 102 cm³/mol. The summed E-state index contributed by atoms with van der Waals surface area (Å²) in [6.07, 6.45) is -0.698. The molecule has 2 atom stereocenters. The van der Waals surface area contributed by atoms with E-state index in [1.54, 1.807) is 39.2 Å². The maximum atomic E-state index is 11.5. The van der Waals surface area contributed by atoms with Gasteiger partial charge in [-0.05, 0) is 24.1 Å². The lowest BCUT2D eigenvalue weighted by molar-refractivity contribution is -0.182. The first kappa shape index (κ1) is 19.8. The molecular formula is C20H23NO7. The van der Waals surface area contributed by atoms with Gasteiger partial charge in [-0.3, -0.25) is 4.79 Å². The largest absolute Gasteiger partial charge is 0.495 e. The SMILES string of the molecule is COc1c2ccoc2nc2c(OC)c(O[C@H](OC(C)=O)[C@H](O)C(C)C)ccc12. The molecule has 150 valence electrons. The van der Waals surface area contributed by atoms with Gasteiger partial charge in [-0.25, -0.2) is 4.98 Å². The molecule has 0 spiro atoms. The number of aliphatic hydroxyl groups is 1. The van der Waals surface area contributed by atoms with Crippen LogP contribution in [0.1, 0.15) is 20.8 Å². The molecule has 8 heteroatoms. The summed E-state index contributed by atoms with van der Waals surface area (Å²) in [5, 5.41) is 11.8. The van der Waals surface area contributed by atoms with Crippen LogP contribution in [-0.4, -0.2) is 42.7 Å². The molecule has 3 aromatic rings. The molecule has 2 heterocycles. The van der Waals surface area contributed by atoms with Crippen molar-refractivity contribution in [3.8, 4) is 17.2 Å². The second kappa shape index (κ2) is 7.93. The Morgan fingerprint density at radius 2 is 1.82 bits per heavy atom. The van der Waals surface area contributed by atoms with Crippen LogP contribution in [0.3, 0.4) is 0 Å². The van der Waals surface area contributed by atoms with Gasteiger partial charge in [0.05, 0.1) is 25.9 Å². The second-order valence-corrected chi connectivity index (χ2v) is 6.61. The van der Waals surface area contributed by atoms with Crippen LogP contribution in [0.5, 0.6) is 17.2 Å². The molecule has 8 nitrogen and oxygen atoms in total. The van der Waals surface area contributed by atoms with Crippen LogP contribution in [0.2, 0.25) is 0 Å². The molecule has 0 fully saturated rings. The minimum atomic E-state index is -1.20. The van der Waals surface area contributed by atoms with Crippen molar-refractivity contribution in [2.45, 2.75) is 33.2 Å². The summed E-state index contributed by atoms with van der Waals surface area (Å²) in [4.78, 5) is 16.0. The third-order valence-electron chi connectivity index (χ3n) is 4.34. The normalized spacial score (nSPS) is 13.5. The van der Waals surface area contributed by atoms with Gasteiger partial charge in [0.2, 0.25) is 5.71 Å². The summed E-state index contributed by atoms with van der Waals surface area (Å²) in [5.41, 5.74) is 0.846. The predicted octanol–water partition coefficient (Wildman–Crippen LogP) is 3.28. The number of hydrogen-bond donors (Lipinski definition) is 1. The third kappa shape index (κ3) is 3.55. The van der Waals surface area contributed by atoms with Crippen molar-refractivity contribution in [3.63, 3.8) is 0 Å². The van der Waals surface area contributed by atoms with Crippen LogP contribution in [0.15, 0.2) is 28.9 Å². The van der Waals surface area contributed by atoms with E-state index in [1.807, 2.05) is 0 Å². The van der Waals surface area contributed by atoms with Crippen molar-refractivity contribution in [2.24, 2.45) is 5.92 Å². The molecule has 0 saturated heterocycles. The number of hydrogen-bond acceptors (Lipinski definition) is 8. The Hall–Kier alpha value is -3.00. The highest BCUT2D eigenvalue weighted by Crippen LogP contribution is 2.42. The van der Waals surface area contributed by atoms with Crippen molar-refractivity contribution in [2.75, 3.05) is 14.2 Å². The average molecular weight is 389 g/mol. The van der Waals surface area contributed by atoms with E-state index in [-0.39, 0.29) is 11.7 Å². The van der Waals surface area contributed by atoms with E-state index in [0.717, 1.165) is 5.39 Å². The van der Waals surface area contributed by atoms with Crippen molar-refractivity contribution in [1.82, 2.24) is 4.98 Å². The Labute approximate surface area is 162 Å². The van der Waals surface area contributed by atoms with Gasteiger partial charge in [-0.15, -0.1) is 0 Å². The van der Waals surface area contributed by atoms with Gasteiger partial charge < -0.3 is 28.5 Å². The Morgan fingerprint density at radius 3 is 2.43 bits per heavy atom. The number of rotatable bonds is 7. The number of aromatic nitrogens is 1. The Bertz CT molecular complexity index is 995. The van der Waals surface area contributed by atoms with Crippen LogP contribution >= 0.6 is 0 Å². The number of benzene rings is 1. The molecule has 0 amide bonds. The molecule has 1 aromatic carbocycles. The first-order chi connectivity index (χ1) is 13.4. The third-order valence-corrected chi connectivity index (χ3v) is 4.34. The Kier molecular flexibility index (Phi) is 5.60. The lowest BCUT2D eigenvalue weighted by Crippen LogP contribution is -2.39. The molecule has 0 aliphatic carbocycles. The van der Waals surface area contributed by atoms with Gasteiger partial charge in [0.25, 0.3) is 6.29 Å². The number of aliphatic hydroxyl groups excluding tert-OH is 1. The number of fused-ring (bicyclic) bond motifs is 2. The van der Waals surface area contributed by atoms with Crippen molar-refractivity contribution < 1.29 is 33.3 Å². The summed E-state index contributed by atoms with van der Waals surface area (Å²) >= 11 is 0. The van der Waals surface area contributed by atoms with Gasteiger partial charge >= 0.3 is 5.97 Å². The van der Waals surface area contributed by atoms with E-state index in [1.165, 1.54) is 20.3 Å². The van der Waals surface area contributed by atoms with Crippen LogP contribution in [-0.2, 0) is 9.53 Å². The zero-order valence-corrected chi connectivity index (χ0v) is 16.4. The lowest BCUT2D eigenvalue weighted by Gasteiger charge is -2.26. The number of methoxy groups -OCH3 is 2. The molecular weight excluding hydrogens is 366 g/mol. The van der Waals surface area contributed by atoms with Gasteiger partial charge in [-0.2, -0.15) is 0 Å². The number of pyridine rings is 1. The molecule has 0 saturated carbocycles. The van der Waals surface area contributed by atoms with E-state index in [0.29, 0.717) is 28.1 Å². The van der Waals surface area contributed by atoms with Crippen molar-refractivity contribution >= 4 is 28.0 Å². The summed E-state index contributed by atoms with van der Waals surface area (Å²) in [5.74, 6) is 0.402. The molecule has 3 rings (SSSR count). The van der Waals surface area contributed by atoms with Gasteiger partial charge in [0.15, 0.2) is 11.5 Å². The number of esters is 1. The topological polar surface area (TPSA) is 100 Å². The van der Waals surface area contributed by atoms with Crippen LogP contribution in [0.25, 0.3) is 22.0 Å². The second-order valence-electron chi connectivity index (χ2n) is 6.61. The minimum Gasteiger partial charge on any atom is -0.495 e. The summed E-state index contributed by atoms with van der Waals surface area (Å²) in [6.45, 7) is 4.84. The highest BCUT2D eigenvalue weighted by atomic mass is 16.7. The Morgan fingerprint density at radius 1 is 1.11 bits per heavy atom. The zero-order chi connectivity index (χ0) is 20.4. The molecule has 0 bridgehead atoms. The van der Waals surface area contributed by atoms with Gasteiger partial charge in [0, 0.05) is 12.3 Å². The zero-order valence-electron chi connectivity index (χ0n) is 16.4. The molecule has 28 heavy (non-hydrogen) atoms. The fourth-order valence-corrected chi connectivity index (χ4v) is 2.93. The monoisotopic (exact) mass is 389 g/mol. The van der Waals surface area contributed by atoms with Crippen LogP contribution < -0.4 is 14.2 Å². The molecule has 0 unspecified atom stereocenters. The van der Waals surface area contributed by atoms with Gasteiger partial charge in [0.1, 0.15) is 17.4 Å². The summed E-state index contributed by atoms with van der Waals surface area (Å²) in [6, 6.07) is 5.19. The number of nitrogens with zero attached hydrogens (tertiary/aromatic N) is 1. The van der Waals surface area contributed by atoms with Crippen molar-refractivity contribution in [3.05, 3.63) is 24.5 Å². The first-order valence-electron chi connectivity index (χ1n) is 8.81. The number of carbonyl (C=O) groups is 1. The van der Waals surface area contributed by atoms with Crippen molar-refractivity contribution in [1.29, 1.82) is 0 Å². The van der Waals surface area contributed by atoms with E-state index in [4.69, 9.17) is 23.4 Å². The summed E-state index contributed by atoms with van der Waals surface area (Å²) < 4.78 is 27.5. The minimum absolute atomic E-state index is 0.197. The lowest BCUT2D eigenvalue weighted by atomic mass is 10.1. The molecule has 0 aliphatic heterocycles. The van der Waals surface area contributed by atoms with E-state index in [9.17, 15) is 9.90 Å². The fourth-order valence-electron chi connectivity index (χ4n) is 2.93. The average Bonchev–Trinajstić information content (AvgIpc) is 3.12. The maximum absolute atomic E-state index is 11.5. The smallest absolute Gasteiger partial charge is 0.305 e. The van der Waals surface area contributed by atoms with E-state index < -0.39 is 18.4 Å². The highest BCUT2D eigenvalue weighted by molar-refractivity contribution is 6.02. The molecule has 2 aromatic heterocycles. The van der Waals surface area contributed by atoms with Gasteiger partial charge in [-0.1, -0.05) is 13.8 Å². The maximum Gasteiger partial charge on any atom is 0.305 e. The number of ether oxygens (including phenoxy) is 4. The molecule has 1 N–H and O–H groups in total. The van der Waals surface area contributed by atoms with Crippen LogP contribution in [0.4, 0.5) is 0 Å². The fraction of sp³-hybridized carbons (Fsp3) is 0.400. The number of carbonyl (C=O) groups excluding carboxylic acids is 1. The molecule has 0 aliphatic rings. The van der Waals surface area contributed by atoms with E-state index >= 15 is 0 Å². The molecule has 0 radical (unpaired) electrons. The first-order valence-corrected chi connectivity index (χ1v) is 8.81. The van der Waals surface area contributed by atoms with Crippen LogP contribution in [0, 0.1) is 5.92 Å². The highest BCUT2D eigenvalue weighted by Gasteiger charge is 2.29. The van der Waals surface area contributed by atoms with E-state index in [2.05, 4.69) is 4.98 Å². The quantitative estimate of drug-likeness (QED) is 0.485. The summed E-state index contributed by atoms with van der Waals surface area (Å²) in [7, 11) is 3.04. The standard InChI is InChI=1S/C20H23NO7/c1-10(2)16(23)20(27-11(3)22)28-14-7-6-12-15(18(14)25-5)21-19-13(8-9-26-19)17(12)24-4/h6-10,16,20,23H,1-5H3/t16-,20+/m1/s1. The Balaban J connectivity index is 2.13.